The van der Waals surface area contributed by atoms with Crippen molar-refractivity contribution in [3.05, 3.63) is 17.8 Å². The summed E-state index contributed by atoms with van der Waals surface area (Å²) in [6.45, 7) is 6.94. The van der Waals surface area contributed by atoms with E-state index < -0.39 is 5.38 Å². The lowest BCUT2D eigenvalue weighted by atomic mass is 10.3. The largest absolute Gasteiger partial charge is 0.446 e. The normalized spacial score (nSPS) is 12.0. The number of nitrogens with one attached hydrogen (secondary N) is 1. The van der Waals surface area contributed by atoms with Crippen molar-refractivity contribution in [2.24, 2.45) is 0 Å². The van der Waals surface area contributed by atoms with E-state index in [2.05, 4.69) is 10.3 Å². The quantitative estimate of drug-likeness (QED) is 0.746. The first-order chi connectivity index (χ1) is 9.99. The molecule has 1 heterocycles. The van der Waals surface area contributed by atoms with Crippen LogP contribution in [0.25, 0.3) is 0 Å². The highest BCUT2D eigenvalue weighted by atomic mass is 35.5. The maximum absolute atomic E-state index is 12.0. The van der Waals surface area contributed by atoms with Crippen molar-refractivity contribution in [1.29, 1.82) is 0 Å². The van der Waals surface area contributed by atoms with Gasteiger partial charge in [-0.15, -0.1) is 11.6 Å². The van der Waals surface area contributed by atoms with Crippen LogP contribution in [-0.4, -0.2) is 40.2 Å². The summed E-state index contributed by atoms with van der Waals surface area (Å²) in [6, 6.07) is 0. The van der Waals surface area contributed by atoms with E-state index in [0.29, 0.717) is 19.0 Å². The Labute approximate surface area is 129 Å². The van der Waals surface area contributed by atoms with Gasteiger partial charge >= 0.3 is 0 Å². The molecule has 2 amide bonds. The van der Waals surface area contributed by atoms with Crippen LogP contribution in [0.1, 0.15) is 50.0 Å². The molecule has 21 heavy (non-hydrogen) atoms. The number of oxazole rings is 1. The highest BCUT2D eigenvalue weighted by Gasteiger charge is 2.21. The molecular formula is C14H22ClN3O3. The third-order valence-electron chi connectivity index (χ3n) is 2.79. The van der Waals surface area contributed by atoms with Gasteiger partial charge in [-0.3, -0.25) is 9.59 Å². The van der Waals surface area contributed by atoms with Gasteiger partial charge in [-0.1, -0.05) is 13.8 Å². The summed E-state index contributed by atoms with van der Waals surface area (Å²) >= 11 is 5.83. The lowest BCUT2D eigenvalue weighted by molar-refractivity contribution is -0.131. The van der Waals surface area contributed by atoms with Gasteiger partial charge in [0, 0.05) is 13.1 Å². The van der Waals surface area contributed by atoms with Crippen LogP contribution in [-0.2, 0) is 11.3 Å². The average Bonchev–Trinajstić information content (AvgIpc) is 2.92. The highest BCUT2D eigenvalue weighted by molar-refractivity contribution is 6.30. The highest BCUT2D eigenvalue weighted by Crippen LogP contribution is 2.10. The minimum Gasteiger partial charge on any atom is -0.446 e. The Hall–Kier alpha value is -1.56. The van der Waals surface area contributed by atoms with Crippen molar-refractivity contribution < 1.29 is 14.0 Å². The Morgan fingerprint density at radius 2 is 2.14 bits per heavy atom. The number of hydrogen-bond acceptors (Lipinski definition) is 4. The maximum atomic E-state index is 12.0. The summed E-state index contributed by atoms with van der Waals surface area (Å²) < 4.78 is 5.26. The van der Waals surface area contributed by atoms with Gasteiger partial charge in [-0.2, -0.15) is 0 Å². The van der Waals surface area contributed by atoms with Gasteiger partial charge < -0.3 is 14.6 Å². The van der Waals surface area contributed by atoms with Crippen LogP contribution in [0.3, 0.4) is 0 Å². The van der Waals surface area contributed by atoms with Crippen LogP contribution >= 0.6 is 11.6 Å². The van der Waals surface area contributed by atoms with E-state index in [1.165, 1.54) is 6.26 Å². The summed E-state index contributed by atoms with van der Waals surface area (Å²) in [7, 11) is 0. The third-order valence-corrected chi connectivity index (χ3v) is 2.98. The van der Waals surface area contributed by atoms with Gasteiger partial charge in [0.15, 0.2) is 5.69 Å². The molecule has 0 aliphatic heterocycles. The van der Waals surface area contributed by atoms with Crippen LogP contribution in [0.15, 0.2) is 10.7 Å². The summed E-state index contributed by atoms with van der Waals surface area (Å²) in [5, 5.41) is 2.12. The first-order valence-electron chi connectivity index (χ1n) is 7.15. The molecule has 1 aromatic heterocycles. The molecule has 1 aromatic rings. The summed E-state index contributed by atoms with van der Waals surface area (Å²) in [5.41, 5.74) is 0.223. The fourth-order valence-electron chi connectivity index (χ4n) is 1.77. The zero-order valence-electron chi connectivity index (χ0n) is 12.7. The summed E-state index contributed by atoms with van der Waals surface area (Å²) in [6.07, 6.45) is 2.96. The fourth-order valence-corrected chi connectivity index (χ4v) is 1.91. The smallest absolute Gasteiger partial charge is 0.273 e. The van der Waals surface area contributed by atoms with E-state index in [4.69, 9.17) is 16.0 Å². The van der Waals surface area contributed by atoms with Crippen molar-refractivity contribution in [2.45, 2.75) is 45.5 Å². The lowest BCUT2D eigenvalue weighted by Gasteiger charge is -2.21. The molecule has 0 saturated carbocycles. The average molecular weight is 316 g/mol. The second kappa shape index (κ2) is 8.67. The standard InChI is InChI=1S/C14H22ClN3O3/c1-4-6-16-13(19)11-9-21-12(17-11)8-18(7-5-2)14(20)10(3)15/h9-10H,4-8H2,1-3H3,(H,16,19). The zero-order valence-corrected chi connectivity index (χ0v) is 13.4. The molecule has 0 aliphatic carbocycles. The second-order valence-electron chi connectivity index (χ2n) is 4.76. The fraction of sp³-hybridized carbons (Fsp3) is 0.643. The zero-order chi connectivity index (χ0) is 15.8. The Morgan fingerprint density at radius 1 is 1.43 bits per heavy atom. The topological polar surface area (TPSA) is 75.4 Å². The molecular weight excluding hydrogens is 294 g/mol. The second-order valence-corrected chi connectivity index (χ2v) is 5.41. The van der Waals surface area contributed by atoms with Gasteiger partial charge in [0.25, 0.3) is 5.91 Å². The first kappa shape index (κ1) is 17.5. The molecule has 7 heteroatoms. The molecule has 0 aromatic carbocycles. The van der Waals surface area contributed by atoms with Crippen LogP contribution in [0, 0.1) is 0 Å². The Kier molecular flexibility index (Phi) is 7.22. The molecule has 0 spiro atoms. The number of amides is 2. The van der Waals surface area contributed by atoms with Gasteiger partial charge in [0.2, 0.25) is 11.8 Å². The molecule has 6 nitrogen and oxygen atoms in total. The van der Waals surface area contributed by atoms with Crippen molar-refractivity contribution >= 4 is 23.4 Å². The molecule has 0 bridgehead atoms. The monoisotopic (exact) mass is 315 g/mol. The summed E-state index contributed by atoms with van der Waals surface area (Å²) in [5.74, 6) is -0.115. The Balaban J connectivity index is 2.70. The van der Waals surface area contributed by atoms with E-state index in [0.717, 1.165) is 12.8 Å². The molecule has 0 aliphatic rings. The van der Waals surface area contributed by atoms with Crippen LogP contribution < -0.4 is 5.32 Å². The number of alkyl halides is 1. The van der Waals surface area contributed by atoms with Crippen LogP contribution in [0.2, 0.25) is 0 Å². The minimum atomic E-state index is -0.598. The number of carbonyl (C=O) groups is 2. The van der Waals surface area contributed by atoms with Gasteiger partial charge in [-0.25, -0.2) is 4.98 Å². The Morgan fingerprint density at radius 3 is 2.71 bits per heavy atom. The molecule has 0 fully saturated rings. The molecule has 0 saturated heterocycles. The minimum absolute atomic E-state index is 0.172. The lowest BCUT2D eigenvalue weighted by Crippen LogP contribution is -2.36. The predicted molar refractivity (Wildman–Crippen MR) is 80.2 cm³/mol. The number of carbonyl (C=O) groups excluding carboxylic acids is 2. The van der Waals surface area contributed by atoms with Crippen molar-refractivity contribution in [3.63, 3.8) is 0 Å². The molecule has 1 unspecified atom stereocenters. The third kappa shape index (κ3) is 5.38. The number of rotatable bonds is 8. The Bertz CT molecular complexity index is 474. The molecule has 0 radical (unpaired) electrons. The number of hydrogen-bond donors (Lipinski definition) is 1. The number of aromatic nitrogens is 1. The molecule has 118 valence electrons. The number of halogens is 1. The summed E-state index contributed by atoms with van der Waals surface area (Å²) in [4.78, 5) is 29.4. The van der Waals surface area contributed by atoms with E-state index in [1.807, 2.05) is 13.8 Å². The maximum Gasteiger partial charge on any atom is 0.273 e. The van der Waals surface area contributed by atoms with Crippen molar-refractivity contribution in [1.82, 2.24) is 15.2 Å². The predicted octanol–water partition coefficient (Wildman–Crippen LogP) is 2.18. The van der Waals surface area contributed by atoms with Gasteiger partial charge in [0.05, 0.1) is 6.54 Å². The number of nitrogens with zero attached hydrogens (tertiary/aromatic N) is 2. The molecule has 1 N–H and O–H groups in total. The SMILES string of the molecule is CCCNC(=O)c1coc(CN(CCC)C(=O)C(C)Cl)n1. The van der Waals surface area contributed by atoms with E-state index >= 15 is 0 Å². The molecule has 1 rings (SSSR count). The van der Waals surface area contributed by atoms with E-state index in [9.17, 15) is 9.59 Å². The van der Waals surface area contributed by atoms with Gasteiger partial charge in [-0.05, 0) is 19.8 Å². The van der Waals surface area contributed by atoms with Crippen LogP contribution in [0.5, 0.6) is 0 Å². The first-order valence-corrected chi connectivity index (χ1v) is 7.58. The van der Waals surface area contributed by atoms with E-state index in [1.54, 1.807) is 11.8 Å². The van der Waals surface area contributed by atoms with Crippen molar-refractivity contribution in [3.8, 4) is 0 Å². The van der Waals surface area contributed by atoms with Gasteiger partial charge in [0.1, 0.15) is 11.6 Å². The van der Waals surface area contributed by atoms with Crippen molar-refractivity contribution in [2.75, 3.05) is 13.1 Å². The van der Waals surface area contributed by atoms with E-state index in [-0.39, 0.29) is 24.1 Å². The van der Waals surface area contributed by atoms with Crippen LogP contribution in [0.4, 0.5) is 0 Å². The molecule has 1 atom stereocenters.